The SMILES string of the molecule is C=CC(=O)N1CCC(c2nnc(-c3ccc(F)cc3)cc2-c2ccn(C(F)F)n2)C1. The average Bonchev–Trinajstić information content (AvgIpc) is 3.43. The summed E-state index contributed by atoms with van der Waals surface area (Å²) in [5.74, 6) is -0.663. The van der Waals surface area contributed by atoms with Crippen molar-refractivity contribution in [3.05, 3.63) is 66.8 Å². The predicted molar refractivity (Wildman–Crippen MR) is 104 cm³/mol. The second kappa shape index (κ2) is 8.10. The molecule has 0 saturated carbocycles. The smallest absolute Gasteiger partial charge is 0.333 e. The molecule has 0 bridgehead atoms. The third-order valence-electron chi connectivity index (χ3n) is 5.11. The lowest BCUT2D eigenvalue weighted by molar-refractivity contribution is -0.125. The quantitative estimate of drug-likeness (QED) is 0.592. The molecule has 1 amide bonds. The number of carbonyl (C=O) groups excluding carboxylic acids is 1. The third kappa shape index (κ3) is 3.83. The van der Waals surface area contributed by atoms with Crippen LogP contribution >= 0.6 is 0 Å². The molecular weight excluding hydrogens is 395 g/mol. The Labute approximate surface area is 170 Å². The summed E-state index contributed by atoms with van der Waals surface area (Å²) in [6, 6.07) is 8.97. The first-order chi connectivity index (χ1) is 14.5. The van der Waals surface area contributed by atoms with Gasteiger partial charge < -0.3 is 4.90 Å². The summed E-state index contributed by atoms with van der Waals surface area (Å²) in [5, 5.41) is 12.6. The second-order valence-corrected chi connectivity index (χ2v) is 6.97. The molecule has 1 fully saturated rings. The number of nitrogens with zero attached hydrogens (tertiary/aromatic N) is 5. The Kier molecular flexibility index (Phi) is 5.35. The van der Waals surface area contributed by atoms with E-state index in [1.165, 1.54) is 30.5 Å². The van der Waals surface area contributed by atoms with Crippen LogP contribution in [0.2, 0.25) is 0 Å². The fourth-order valence-electron chi connectivity index (χ4n) is 3.57. The maximum atomic E-state index is 13.3. The van der Waals surface area contributed by atoms with Gasteiger partial charge in [0.15, 0.2) is 0 Å². The average molecular weight is 413 g/mol. The van der Waals surface area contributed by atoms with Crippen LogP contribution in [-0.2, 0) is 4.79 Å². The van der Waals surface area contributed by atoms with Crippen LogP contribution in [0.4, 0.5) is 13.2 Å². The molecule has 154 valence electrons. The van der Waals surface area contributed by atoms with Gasteiger partial charge in [-0.05, 0) is 48.9 Å². The van der Waals surface area contributed by atoms with Gasteiger partial charge in [0.05, 0.1) is 17.1 Å². The zero-order chi connectivity index (χ0) is 21.3. The van der Waals surface area contributed by atoms with Crippen molar-refractivity contribution in [2.24, 2.45) is 0 Å². The molecule has 6 nitrogen and oxygen atoms in total. The van der Waals surface area contributed by atoms with E-state index < -0.39 is 6.55 Å². The van der Waals surface area contributed by atoms with Crippen LogP contribution in [0, 0.1) is 5.82 Å². The van der Waals surface area contributed by atoms with Gasteiger partial charge in [-0.25, -0.2) is 9.07 Å². The number of hydrogen-bond donors (Lipinski definition) is 0. The minimum Gasteiger partial charge on any atom is -0.338 e. The Balaban J connectivity index is 1.76. The number of amides is 1. The zero-order valence-electron chi connectivity index (χ0n) is 15.9. The van der Waals surface area contributed by atoms with Gasteiger partial charge in [-0.2, -0.15) is 24.1 Å². The zero-order valence-corrected chi connectivity index (χ0v) is 15.9. The summed E-state index contributed by atoms with van der Waals surface area (Å²) in [7, 11) is 0. The van der Waals surface area contributed by atoms with Crippen LogP contribution < -0.4 is 0 Å². The maximum absolute atomic E-state index is 13.3. The molecule has 3 heterocycles. The van der Waals surface area contributed by atoms with Crippen LogP contribution in [0.15, 0.2) is 55.3 Å². The van der Waals surface area contributed by atoms with Crippen molar-refractivity contribution in [1.29, 1.82) is 0 Å². The van der Waals surface area contributed by atoms with Crippen LogP contribution in [0.3, 0.4) is 0 Å². The van der Waals surface area contributed by atoms with Gasteiger partial charge in [-0.1, -0.05) is 6.58 Å². The van der Waals surface area contributed by atoms with Crippen molar-refractivity contribution in [2.45, 2.75) is 18.9 Å². The molecule has 0 aliphatic carbocycles. The van der Waals surface area contributed by atoms with E-state index in [2.05, 4.69) is 21.9 Å². The van der Waals surface area contributed by atoms with E-state index in [9.17, 15) is 18.0 Å². The molecule has 1 aliphatic rings. The molecular formula is C21H18F3N5O. The van der Waals surface area contributed by atoms with Crippen molar-refractivity contribution < 1.29 is 18.0 Å². The van der Waals surface area contributed by atoms with Gasteiger partial charge >= 0.3 is 6.55 Å². The van der Waals surface area contributed by atoms with E-state index >= 15 is 0 Å². The molecule has 4 rings (SSSR count). The third-order valence-corrected chi connectivity index (χ3v) is 5.11. The van der Waals surface area contributed by atoms with Crippen molar-refractivity contribution in [1.82, 2.24) is 24.9 Å². The summed E-state index contributed by atoms with van der Waals surface area (Å²) in [5.41, 5.74) is 2.58. The lowest BCUT2D eigenvalue weighted by Gasteiger charge is -2.16. The molecule has 3 aromatic rings. The number of likely N-dealkylation sites (tertiary alicyclic amines) is 1. The van der Waals surface area contributed by atoms with Gasteiger partial charge in [0, 0.05) is 36.3 Å². The number of benzene rings is 1. The molecule has 0 radical (unpaired) electrons. The minimum absolute atomic E-state index is 0.115. The van der Waals surface area contributed by atoms with E-state index in [1.807, 2.05) is 0 Å². The normalized spacial score (nSPS) is 16.3. The molecule has 1 saturated heterocycles. The molecule has 2 aromatic heterocycles. The van der Waals surface area contributed by atoms with Gasteiger partial charge in [-0.15, -0.1) is 0 Å². The number of halogens is 3. The Morgan fingerprint density at radius 1 is 1.17 bits per heavy atom. The number of alkyl halides is 2. The van der Waals surface area contributed by atoms with Gasteiger partial charge in [0.2, 0.25) is 5.91 Å². The molecule has 1 aliphatic heterocycles. The van der Waals surface area contributed by atoms with Crippen LogP contribution in [0.1, 0.15) is 24.6 Å². The molecule has 0 N–H and O–H groups in total. The molecule has 9 heteroatoms. The second-order valence-electron chi connectivity index (χ2n) is 6.97. The van der Waals surface area contributed by atoms with Crippen LogP contribution in [0.25, 0.3) is 22.5 Å². The fraction of sp³-hybridized carbons (Fsp3) is 0.238. The Morgan fingerprint density at radius 3 is 2.60 bits per heavy atom. The van der Waals surface area contributed by atoms with E-state index in [4.69, 9.17) is 0 Å². The number of carbonyl (C=O) groups is 1. The predicted octanol–water partition coefficient (Wildman–Crippen LogP) is 4.04. The van der Waals surface area contributed by atoms with Crippen LogP contribution in [0.5, 0.6) is 0 Å². The Bertz CT molecular complexity index is 1080. The molecule has 1 unspecified atom stereocenters. The van der Waals surface area contributed by atoms with Crippen molar-refractivity contribution >= 4 is 5.91 Å². The summed E-state index contributed by atoms with van der Waals surface area (Å²) < 4.78 is 39.9. The van der Waals surface area contributed by atoms with Gasteiger partial charge in [0.25, 0.3) is 0 Å². The Hall–Kier alpha value is -3.49. The molecule has 30 heavy (non-hydrogen) atoms. The fourth-order valence-corrected chi connectivity index (χ4v) is 3.57. The highest BCUT2D eigenvalue weighted by atomic mass is 19.3. The lowest BCUT2D eigenvalue weighted by atomic mass is 9.96. The summed E-state index contributed by atoms with van der Waals surface area (Å²) in [4.78, 5) is 13.6. The summed E-state index contributed by atoms with van der Waals surface area (Å²) in [6.07, 6.45) is 3.12. The van der Waals surface area contributed by atoms with E-state index in [0.717, 1.165) is 0 Å². The van der Waals surface area contributed by atoms with Gasteiger partial charge in [-0.3, -0.25) is 4.79 Å². The summed E-state index contributed by atoms with van der Waals surface area (Å²) >= 11 is 0. The largest absolute Gasteiger partial charge is 0.338 e. The highest BCUT2D eigenvalue weighted by molar-refractivity contribution is 5.87. The van der Waals surface area contributed by atoms with Crippen molar-refractivity contribution in [3.8, 4) is 22.5 Å². The van der Waals surface area contributed by atoms with Crippen molar-refractivity contribution in [3.63, 3.8) is 0 Å². The first kappa shape index (κ1) is 19.8. The first-order valence-electron chi connectivity index (χ1n) is 9.35. The topological polar surface area (TPSA) is 63.9 Å². The number of rotatable bonds is 5. The monoisotopic (exact) mass is 413 g/mol. The highest BCUT2D eigenvalue weighted by Gasteiger charge is 2.30. The minimum atomic E-state index is -2.76. The number of aromatic nitrogens is 4. The van der Waals surface area contributed by atoms with Crippen LogP contribution in [-0.4, -0.2) is 43.9 Å². The number of hydrogen-bond acceptors (Lipinski definition) is 4. The molecule has 1 atom stereocenters. The molecule has 0 spiro atoms. The Morgan fingerprint density at radius 2 is 1.93 bits per heavy atom. The summed E-state index contributed by atoms with van der Waals surface area (Å²) in [6.45, 7) is 1.72. The first-order valence-corrected chi connectivity index (χ1v) is 9.35. The lowest BCUT2D eigenvalue weighted by Crippen LogP contribution is -2.26. The van der Waals surface area contributed by atoms with Crippen molar-refractivity contribution in [2.75, 3.05) is 13.1 Å². The maximum Gasteiger partial charge on any atom is 0.333 e. The van der Waals surface area contributed by atoms with E-state index in [-0.39, 0.29) is 17.6 Å². The van der Waals surface area contributed by atoms with E-state index in [1.54, 1.807) is 23.1 Å². The van der Waals surface area contributed by atoms with E-state index in [0.29, 0.717) is 52.4 Å². The van der Waals surface area contributed by atoms with Gasteiger partial charge in [0.1, 0.15) is 5.82 Å². The highest BCUT2D eigenvalue weighted by Crippen LogP contribution is 2.34. The standard InChI is InChI=1S/C21H18F3N5O/c1-2-19(30)28-9-7-14(12-28)20-16(17-8-10-29(27-17)21(23)24)11-18(25-26-20)13-3-5-15(22)6-4-13/h2-6,8,10-11,14,21H,1,7,9,12H2. The molecule has 1 aromatic carbocycles.